The van der Waals surface area contributed by atoms with E-state index < -0.39 is 36.4 Å². The summed E-state index contributed by atoms with van der Waals surface area (Å²) in [6.45, 7) is 11.1. The van der Waals surface area contributed by atoms with Crippen LogP contribution in [0.25, 0.3) is 0 Å². The minimum atomic E-state index is -0.770. The summed E-state index contributed by atoms with van der Waals surface area (Å²) >= 11 is 0. The highest BCUT2D eigenvalue weighted by Gasteiger charge is 2.59. The van der Waals surface area contributed by atoms with Crippen molar-refractivity contribution < 1.29 is 28.5 Å². The van der Waals surface area contributed by atoms with E-state index in [-0.39, 0.29) is 24.9 Å². The van der Waals surface area contributed by atoms with Gasteiger partial charge < -0.3 is 23.8 Å². The molecule has 0 radical (unpaired) electrons. The zero-order chi connectivity index (χ0) is 25.3. The van der Waals surface area contributed by atoms with E-state index in [9.17, 15) is 9.59 Å². The topological polar surface area (TPSA) is 77.5 Å². The second-order valence-electron chi connectivity index (χ2n) is 11.0. The van der Waals surface area contributed by atoms with Crippen LogP contribution < -0.4 is 0 Å². The van der Waals surface area contributed by atoms with Gasteiger partial charge in [0.1, 0.15) is 18.3 Å². The molecule has 3 saturated heterocycles. The van der Waals surface area contributed by atoms with E-state index in [2.05, 4.69) is 20.8 Å². The van der Waals surface area contributed by atoms with Gasteiger partial charge in [0.2, 0.25) is 5.91 Å². The zero-order valence-electron chi connectivity index (χ0n) is 21.8. The molecule has 0 saturated carbocycles. The first kappa shape index (κ1) is 26.1. The number of hydrogen-bond acceptors (Lipinski definition) is 6. The third kappa shape index (κ3) is 5.71. The summed E-state index contributed by atoms with van der Waals surface area (Å²) in [7, 11) is 1.61. The van der Waals surface area contributed by atoms with Crippen LogP contribution in [0.5, 0.6) is 0 Å². The van der Waals surface area contributed by atoms with Gasteiger partial charge in [-0.3, -0.25) is 9.69 Å². The normalized spacial score (nSPS) is 31.3. The number of hydrogen-bond donors (Lipinski definition) is 0. The molecule has 0 aliphatic carbocycles. The molecule has 194 valence electrons. The van der Waals surface area contributed by atoms with Crippen LogP contribution in [0, 0.1) is 11.8 Å². The molecule has 2 unspecified atom stereocenters. The van der Waals surface area contributed by atoms with E-state index in [1.165, 1.54) is 4.90 Å². The van der Waals surface area contributed by atoms with Crippen molar-refractivity contribution in [2.24, 2.45) is 11.8 Å². The van der Waals surface area contributed by atoms with Crippen LogP contribution in [0.1, 0.15) is 59.4 Å². The Hall–Kier alpha value is -2.00. The summed E-state index contributed by atoms with van der Waals surface area (Å²) in [5.74, 6) is 0.0709. The average molecular weight is 489 g/mol. The van der Waals surface area contributed by atoms with Crippen molar-refractivity contribution in [3.8, 4) is 0 Å². The van der Waals surface area contributed by atoms with Gasteiger partial charge in [0.25, 0.3) is 0 Å². The maximum atomic E-state index is 13.8. The first-order valence-electron chi connectivity index (χ1n) is 12.8. The average Bonchev–Trinajstić information content (AvgIpc) is 3.27. The number of ether oxygens (including phenoxy) is 4. The first-order valence-corrected chi connectivity index (χ1v) is 12.8. The molecule has 8 heteroatoms. The Labute approximate surface area is 208 Å². The monoisotopic (exact) mass is 488 g/mol. The lowest BCUT2D eigenvalue weighted by Gasteiger charge is -2.44. The van der Waals surface area contributed by atoms with Crippen LogP contribution >= 0.6 is 0 Å². The van der Waals surface area contributed by atoms with Crippen molar-refractivity contribution in [3.63, 3.8) is 0 Å². The Morgan fingerprint density at radius 1 is 1.09 bits per heavy atom. The molecule has 6 atom stereocenters. The van der Waals surface area contributed by atoms with Gasteiger partial charge in [0.05, 0.1) is 19.0 Å². The molecule has 8 nitrogen and oxygen atoms in total. The van der Waals surface area contributed by atoms with Gasteiger partial charge in [0, 0.05) is 13.7 Å². The van der Waals surface area contributed by atoms with Gasteiger partial charge in [-0.25, -0.2) is 4.79 Å². The number of methoxy groups -OCH3 is 1. The number of amides is 3. The van der Waals surface area contributed by atoms with Crippen LogP contribution in [-0.2, 0) is 30.3 Å². The molecule has 0 aromatic heterocycles. The fourth-order valence-corrected chi connectivity index (χ4v) is 5.64. The predicted octanol–water partition coefficient (Wildman–Crippen LogP) is 4.17. The van der Waals surface area contributed by atoms with Crippen molar-refractivity contribution in [3.05, 3.63) is 35.9 Å². The Kier molecular flexibility index (Phi) is 7.86. The molecule has 3 amide bonds. The van der Waals surface area contributed by atoms with E-state index in [4.69, 9.17) is 18.9 Å². The smallest absolute Gasteiger partial charge is 0.327 e. The predicted molar refractivity (Wildman–Crippen MR) is 130 cm³/mol. The lowest BCUT2D eigenvalue weighted by molar-refractivity contribution is -0.224. The summed E-state index contributed by atoms with van der Waals surface area (Å²) in [4.78, 5) is 30.2. The van der Waals surface area contributed by atoms with E-state index >= 15 is 0 Å². The third-order valence-corrected chi connectivity index (χ3v) is 7.16. The van der Waals surface area contributed by atoms with Crippen LogP contribution in [0.3, 0.4) is 0 Å². The lowest BCUT2D eigenvalue weighted by atomic mass is 9.93. The van der Waals surface area contributed by atoms with E-state index in [1.54, 1.807) is 7.11 Å². The fourth-order valence-electron chi connectivity index (χ4n) is 5.64. The molecule has 3 aliphatic heterocycles. The molecule has 3 aliphatic rings. The van der Waals surface area contributed by atoms with E-state index in [0.29, 0.717) is 18.4 Å². The Morgan fingerprint density at radius 3 is 2.46 bits per heavy atom. The molecular formula is C27H40N2O6. The summed E-state index contributed by atoms with van der Waals surface area (Å²) in [5, 5.41) is 0. The molecule has 0 bridgehead atoms. The number of benzene rings is 1. The second kappa shape index (κ2) is 10.5. The minimum absolute atomic E-state index is 0.171. The summed E-state index contributed by atoms with van der Waals surface area (Å²) in [5.41, 5.74) is 0.922. The molecule has 0 spiro atoms. The zero-order valence-corrected chi connectivity index (χ0v) is 21.8. The SMILES string of the molecule is CO[C@@H]1[C@H]2OC(C)(C)O[C@H]2O[C@@H]1C1CC(=O)N(Cc2ccccc2)C(=O)N1CCC(C)CC(C)C. The second-order valence-corrected chi connectivity index (χ2v) is 11.0. The van der Waals surface area contributed by atoms with Crippen molar-refractivity contribution in [2.75, 3.05) is 13.7 Å². The molecule has 0 N–H and O–H groups in total. The van der Waals surface area contributed by atoms with Gasteiger partial charge in [-0.15, -0.1) is 0 Å². The van der Waals surface area contributed by atoms with Crippen LogP contribution in [0.2, 0.25) is 0 Å². The largest absolute Gasteiger partial charge is 0.376 e. The van der Waals surface area contributed by atoms with Crippen LogP contribution in [0.4, 0.5) is 4.79 Å². The fraction of sp³-hybridized carbons (Fsp3) is 0.704. The number of carbonyl (C=O) groups excluding carboxylic acids is 2. The highest BCUT2D eigenvalue weighted by Crippen LogP contribution is 2.41. The van der Waals surface area contributed by atoms with Gasteiger partial charge in [-0.1, -0.05) is 51.1 Å². The highest BCUT2D eigenvalue weighted by molar-refractivity contribution is 5.97. The van der Waals surface area contributed by atoms with Gasteiger partial charge in [-0.05, 0) is 44.1 Å². The maximum absolute atomic E-state index is 13.8. The molecule has 3 fully saturated rings. The van der Waals surface area contributed by atoms with E-state index in [1.807, 2.05) is 49.1 Å². The molecule has 1 aromatic carbocycles. The highest BCUT2D eigenvalue weighted by atomic mass is 16.8. The number of rotatable bonds is 9. The number of nitrogens with zero attached hydrogens (tertiary/aromatic N) is 2. The standard InChI is InChI=1S/C27H40N2O6/c1-17(2)14-18(3)12-13-28-20(22-23(32-6)24-25(33-22)35-27(4,5)34-24)15-21(30)29(26(28)31)16-19-10-8-7-9-11-19/h7-11,17-18,20,22-25H,12-16H2,1-6H3/t18?,20?,22-,23+,24-,25-/m1/s1. The number of carbonyl (C=O) groups is 2. The summed E-state index contributed by atoms with van der Waals surface area (Å²) < 4.78 is 24.1. The number of imide groups is 1. The maximum Gasteiger partial charge on any atom is 0.327 e. The Bertz CT molecular complexity index is 891. The quantitative estimate of drug-likeness (QED) is 0.519. The van der Waals surface area contributed by atoms with E-state index in [0.717, 1.165) is 18.4 Å². The lowest BCUT2D eigenvalue weighted by Crippen LogP contribution is -2.62. The molecule has 1 aromatic rings. The van der Waals surface area contributed by atoms with Crippen molar-refractivity contribution >= 4 is 11.9 Å². The van der Waals surface area contributed by atoms with Crippen molar-refractivity contribution in [1.82, 2.24) is 9.80 Å². The number of fused-ring (bicyclic) bond motifs is 1. The minimum Gasteiger partial charge on any atom is -0.376 e. The molecule has 4 rings (SSSR count). The Morgan fingerprint density at radius 2 is 1.80 bits per heavy atom. The van der Waals surface area contributed by atoms with Crippen molar-refractivity contribution in [1.29, 1.82) is 0 Å². The van der Waals surface area contributed by atoms with Crippen LogP contribution in [0.15, 0.2) is 30.3 Å². The summed E-state index contributed by atoms with van der Waals surface area (Å²) in [6.07, 6.45) is 0.154. The van der Waals surface area contributed by atoms with Gasteiger partial charge in [-0.2, -0.15) is 0 Å². The van der Waals surface area contributed by atoms with Gasteiger partial charge >= 0.3 is 6.03 Å². The van der Waals surface area contributed by atoms with Crippen LogP contribution in [-0.4, -0.2) is 71.8 Å². The number of urea groups is 1. The molecular weight excluding hydrogens is 448 g/mol. The first-order chi connectivity index (χ1) is 16.6. The third-order valence-electron chi connectivity index (χ3n) is 7.16. The molecule has 35 heavy (non-hydrogen) atoms. The molecule has 3 heterocycles. The van der Waals surface area contributed by atoms with Gasteiger partial charge in [0.15, 0.2) is 12.1 Å². The Balaban J connectivity index is 1.56. The summed E-state index contributed by atoms with van der Waals surface area (Å²) in [6, 6.07) is 8.90. The van der Waals surface area contributed by atoms with Crippen molar-refractivity contribution in [2.45, 2.75) is 96.9 Å².